The smallest absolute Gasteiger partial charge is 0.407 e. The standard InChI is InChI=1S/C29H29N5O4S/c1-2-21-15-23(32-29(35)38-19-20-9-5-3-6-10-20)16-26(21)33-27-22(17-30)18-31-28-25(27)13-14-34(28)39(36,37)24-11-7-4-8-12-24/h3-14,18,21,23,26H,2,15-16,19H2,1H3,(H,31,33)(H,32,35)/t21-,23?,26+/m1/s1. The number of rotatable bonds is 8. The molecule has 9 nitrogen and oxygen atoms in total. The van der Waals surface area contributed by atoms with Gasteiger partial charge in [-0.25, -0.2) is 22.2 Å². The van der Waals surface area contributed by atoms with E-state index in [9.17, 15) is 18.5 Å². The minimum atomic E-state index is -3.87. The van der Waals surface area contributed by atoms with Crippen molar-refractivity contribution in [1.82, 2.24) is 14.3 Å². The summed E-state index contributed by atoms with van der Waals surface area (Å²) in [6, 6.07) is 21.4. The summed E-state index contributed by atoms with van der Waals surface area (Å²) < 4.78 is 33.1. The van der Waals surface area contributed by atoms with Gasteiger partial charge in [0.15, 0.2) is 5.65 Å². The lowest BCUT2D eigenvalue weighted by molar-refractivity contribution is 0.135. The first-order valence-corrected chi connectivity index (χ1v) is 14.3. The Morgan fingerprint density at radius 1 is 1.10 bits per heavy atom. The van der Waals surface area contributed by atoms with E-state index in [0.29, 0.717) is 23.1 Å². The van der Waals surface area contributed by atoms with Crippen LogP contribution in [-0.4, -0.2) is 35.6 Å². The van der Waals surface area contributed by atoms with E-state index in [1.807, 2.05) is 30.3 Å². The molecule has 0 spiro atoms. The Morgan fingerprint density at radius 3 is 2.51 bits per heavy atom. The predicted octanol–water partition coefficient (Wildman–Crippen LogP) is 5.04. The van der Waals surface area contributed by atoms with Crippen molar-refractivity contribution in [2.24, 2.45) is 5.92 Å². The van der Waals surface area contributed by atoms with Gasteiger partial charge in [0.05, 0.1) is 16.1 Å². The molecule has 4 aromatic rings. The van der Waals surface area contributed by atoms with E-state index in [1.54, 1.807) is 24.3 Å². The van der Waals surface area contributed by atoms with E-state index in [2.05, 4.69) is 28.6 Å². The molecule has 0 radical (unpaired) electrons. The van der Waals surface area contributed by atoms with Gasteiger partial charge in [0.2, 0.25) is 0 Å². The highest BCUT2D eigenvalue weighted by Gasteiger charge is 2.35. The van der Waals surface area contributed by atoms with Crippen molar-refractivity contribution in [3.63, 3.8) is 0 Å². The van der Waals surface area contributed by atoms with Crippen LogP contribution in [0.4, 0.5) is 10.5 Å². The van der Waals surface area contributed by atoms with Crippen molar-refractivity contribution in [1.29, 1.82) is 5.26 Å². The van der Waals surface area contributed by atoms with E-state index >= 15 is 0 Å². The molecule has 0 bridgehead atoms. The number of alkyl carbamates (subject to hydrolysis) is 1. The van der Waals surface area contributed by atoms with Crippen LogP contribution in [0.15, 0.2) is 84.0 Å². The van der Waals surface area contributed by atoms with Crippen LogP contribution in [-0.2, 0) is 21.4 Å². The summed E-state index contributed by atoms with van der Waals surface area (Å²) in [5, 5.41) is 16.8. The number of hydrogen-bond acceptors (Lipinski definition) is 7. The van der Waals surface area contributed by atoms with E-state index in [4.69, 9.17) is 4.74 Å². The Bertz CT molecular complexity index is 1610. The van der Waals surface area contributed by atoms with Crippen LogP contribution >= 0.6 is 0 Å². The minimum Gasteiger partial charge on any atom is -0.445 e. The van der Waals surface area contributed by atoms with Gasteiger partial charge >= 0.3 is 6.09 Å². The number of nitrogens with one attached hydrogen (secondary N) is 2. The molecule has 5 rings (SSSR count). The minimum absolute atomic E-state index is 0.0406. The lowest BCUT2D eigenvalue weighted by Crippen LogP contribution is -2.34. The predicted molar refractivity (Wildman–Crippen MR) is 147 cm³/mol. The number of pyridine rings is 1. The molecule has 3 atom stereocenters. The molecule has 200 valence electrons. The van der Waals surface area contributed by atoms with Crippen molar-refractivity contribution in [3.8, 4) is 6.07 Å². The van der Waals surface area contributed by atoms with Gasteiger partial charge < -0.3 is 15.4 Å². The second-order valence-electron chi connectivity index (χ2n) is 9.62. The highest BCUT2D eigenvalue weighted by Crippen LogP contribution is 2.35. The molecule has 1 amide bonds. The first-order chi connectivity index (χ1) is 18.9. The SMILES string of the molecule is CC[C@@H]1CC(NC(=O)OCc2ccccc2)C[C@@H]1Nc1c(C#N)cnc2c1ccn2S(=O)(=O)c1ccccc1. The second kappa shape index (κ2) is 11.2. The maximum atomic E-state index is 13.3. The molecule has 1 aliphatic rings. The summed E-state index contributed by atoms with van der Waals surface area (Å²) in [4.78, 5) is 16.9. The molecule has 2 aromatic heterocycles. The van der Waals surface area contributed by atoms with Crippen molar-refractivity contribution < 1.29 is 17.9 Å². The van der Waals surface area contributed by atoms with Gasteiger partial charge in [-0.15, -0.1) is 0 Å². The quantitative estimate of drug-likeness (QED) is 0.319. The van der Waals surface area contributed by atoms with E-state index < -0.39 is 16.1 Å². The molecule has 2 aromatic carbocycles. The molecule has 1 fully saturated rings. The summed E-state index contributed by atoms with van der Waals surface area (Å²) in [6.45, 7) is 2.29. The first kappa shape index (κ1) is 26.3. The third-order valence-electron chi connectivity index (χ3n) is 7.18. The van der Waals surface area contributed by atoms with Crippen LogP contribution in [0.1, 0.15) is 37.3 Å². The summed E-state index contributed by atoms with van der Waals surface area (Å²) in [7, 11) is -3.87. The number of benzene rings is 2. The number of carbonyl (C=O) groups excluding carboxylic acids is 1. The molecule has 1 aliphatic carbocycles. The molecule has 10 heteroatoms. The van der Waals surface area contributed by atoms with Gasteiger partial charge in [0, 0.05) is 29.9 Å². The lowest BCUT2D eigenvalue weighted by Gasteiger charge is -2.22. The topological polar surface area (TPSA) is 126 Å². The molecule has 1 saturated carbocycles. The number of nitriles is 1. The lowest BCUT2D eigenvalue weighted by atomic mass is 9.99. The fraction of sp³-hybridized carbons (Fsp3) is 0.276. The zero-order chi connectivity index (χ0) is 27.4. The average molecular weight is 544 g/mol. The molecule has 39 heavy (non-hydrogen) atoms. The number of anilines is 1. The molecule has 0 aliphatic heterocycles. The van der Waals surface area contributed by atoms with Crippen LogP contribution in [0.5, 0.6) is 0 Å². The first-order valence-electron chi connectivity index (χ1n) is 12.8. The highest BCUT2D eigenvalue weighted by atomic mass is 32.2. The number of fused-ring (bicyclic) bond motifs is 1. The Morgan fingerprint density at radius 2 is 1.82 bits per heavy atom. The average Bonchev–Trinajstić information content (AvgIpc) is 3.57. The number of nitrogens with zero attached hydrogens (tertiary/aromatic N) is 3. The zero-order valence-electron chi connectivity index (χ0n) is 21.4. The maximum absolute atomic E-state index is 13.3. The molecular formula is C29H29N5O4S. The molecule has 2 N–H and O–H groups in total. The fourth-order valence-electron chi connectivity index (χ4n) is 5.19. The van der Waals surface area contributed by atoms with Crippen LogP contribution < -0.4 is 10.6 Å². The van der Waals surface area contributed by atoms with Crippen LogP contribution in [0, 0.1) is 17.2 Å². The summed E-state index contributed by atoms with van der Waals surface area (Å²) >= 11 is 0. The van der Waals surface area contributed by atoms with Crippen molar-refractivity contribution >= 4 is 32.8 Å². The summed E-state index contributed by atoms with van der Waals surface area (Å²) in [5.41, 5.74) is 2.02. The Kier molecular flexibility index (Phi) is 7.52. The third kappa shape index (κ3) is 5.45. The fourth-order valence-corrected chi connectivity index (χ4v) is 6.51. The van der Waals surface area contributed by atoms with Crippen molar-refractivity contribution in [2.45, 2.75) is 49.8 Å². The van der Waals surface area contributed by atoms with Gasteiger partial charge in [-0.3, -0.25) is 0 Å². The Labute approximate surface area is 227 Å². The molecule has 2 heterocycles. The van der Waals surface area contributed by atoms with Gasteiger partial charge in [-0.1, -0.05) is 61.9 Å². The second-order valence-corrected chi connectivity index (χ2v) is 11.4. The molecule has 0 saturated heterocycles. The van der Waals surface area contributed by atoms with Gasteiger partial charge in [-0.2, -0.15) is 5.26 Å². The van der Waals surface area contributed by atoms with Gasteiger partial charge in [0.25, 0.3) is 10.0 Å². The van der Waals surface area contributed by atoms with Crippen molar-refractivity contribution in [2.75, 3.05) is 5.32 Å². The highest BCUT2D eigenvalue weighted by molar-refractivity contribution is 7.90. The summed E-state index contributed by atoms with van der Waals surface area (Å²) in [5.74, 6) is 0.231. The van der Waals surface area contributed by atoms with Crippen LogP contribution in [0.2, 0.25) is 0 Å². The van der Waals surface area contributed by atoms with E-state index in [0.717, 1.165) is 22.4 Å². The number of aromatic nitrogens is 2. The maximum Gasteiger partial charge on any atom is 0.407 e. The van der Waals surface area contributed by atoms with Gasteiger partial charge in [-0.05, 0) is 42.5 Å². The monoisotopic (exact) mass is 543 g/mol. The van der Waals surface area contributed by atoms with Crippen LogP contribution in [0.25, 0.3) is 11.0 Å². The number of carbonyl (C=O) groups is 1. The zero-order valence-corrected chi connectivity index (χ0v) is 22.3. The van der Waals surface area contributed by atoms with Gasteiger partial charge in [0.1, 0.15) is 12.7 Å². The van der Waals surface area contributed by atoms with E-state index in [1.165, 1.54) is 24.5 Å². The van der Waals surface area contributed by atoms with Crippen molar-refractivity contribution in [3.05, 3.63) is 90.3 Å². The van der Waals surface area contributed by atoms with Crippen LogP contribution in [0.3, 0.4) is 0 Å². The Balaban J connectivity index is 1.35. The number of ether oxygens (including phenoxy) is 1. The normalized spacial score (nSPS) is 18.9. The largest absolute Gasteiger partial charge is 0.445 e. The summed E-state index contributed by atoms with van der Waals surface area (Å²) in [6.07, 6.45) is 4.66. The van der Waals surface area contributed by atoms with E-state index in [-0.39, 0.29) is 35.2 Å². The molecular weight excluding hydrogens is 514 g/mol. The third-order valence-corrected chi connectivity index (χ3v) is 8.87. The Hall–Kier alpha value is -4.36. The number of hydrogen-bond donors (Lipinski definition) is 2. The molecule has 1 unspecified atom stereocenters. The number of amides is 1.